The molecule has 0 amide bonds. The van der Waals surface area contributed by atoms with E-state index >= 15 is 0 Å². The first kappa shape index (κ1) is 18.1. The molecule has 0 aromatic carbocycles. The standard InChI is InChI=1S/C15H25NO4S/c1-12(14(17)6-9-16)10-13(2)21(19,20)11-15(18)7-4-3-5-8-15/h10,18H,1,3-9,11,16H2,2H3/b13-10+. The number of carbonyl (C=O) groups is 1. The molecule has 0 radical (unpaired) electrons. The predicted octanol–water partition coefficient (Wildman–Crippen LogP) is 1.47. The number of hydrogen-bond acceptors (Lipinski definition) is 5. The van der Waals surface area contributed by atoms with Gasteiger partial charge in [-0.05, 0) is 32.4 Å². The number of aliphatic hydroxyl groups is 1. The molecule has 1 aliphatic carbocycles. The fraction of sp³-hybridized carbons (Fsp3) is 0.667. The molecule has 0 bridgehead atoms. The molecule has 6 heteroatoms. The average molecular weight is 315 g/mol. The van der Waals surface area contributed by atoms with Crippen LogP contribution in [0.15, 0.2) is 23.1 Å². The van der Waals surface area contributed by atoms with Crippen LogP contribution in [0.5, 0.6) is 0 Å². The molecule has 0 heterocycles. The minimum Gasteiger partial charge on any atom is -0.389 e. The molecule has 0 aliphatic heterocycles. The number of ketones is 1. The second-order valence-electron chi connectivity index (χ2n) is 5.79. The van der Waals surface area contributed by atoms with Crippen LogP contribution < -0.4 is 5.73 Å². The zero-order chi connectivity index (χ0) is 16.1. The maximum atomic E-state index is 12.3. The van der Waals surface area contributed by atoms with Crippen molar-refractivity contribution in [2.75, 3.05) is 12.3 Å². The summed E-state index contributed by atoms with van der Waals surface area (Å²) in [7, 11) is -3.60. The predicted molar refractivity (Wildman–Crippen MR) is 83.4 cm³/mol. The third kappa shape index (κ3) is 5.37. The van der Waals surface area contributed by atoms with Crippen LogP contribution in [0.1, 0.15) is 45.4 Å². The molecule has 0 aromatic heterocycles. The fourth-order valence-electron chi connectivity index (χ4n) is 2.53. The van der Waals surface area contributed by atoms with Crippen LogP contribution in [-0.2, 0) is 14.6 Å². The van der Waals surface area contributed by atoms with Crippen LogP contribution in [0.25, 0.3) is 0 Å². The van der Waals surface area contributed by atoms with E-state index in [1.54, 1.807) is 0 Å². The third-order valence-corrected chi connectivity index (χ3v) is 5.86. The van der Waals surface area contributed by atoms with Crippen molar-refractivity contribution in [1.82, 2.24) is 0 Å². The van der Waals surface area contributed by atoms with Gasteiger partial charge in [-0.1, -0.05) is 25.8 Å². The smallest absolute Gasteiger partial charge is 0.177 e. The summed E-state index contributed by atoms with van der Waals surface area (Å²) in [5.41, 5.74) is 4.28. The zero-order valence-electron chi connectivity index (χ0n) is 12.6. The monoisotopic (exact) mass is 315 g/mol. The summed E-state index contributed by atoms with van der Waals surface area (Å²) >= 11 is 0. The van der Waals surface area contributed by atoms with Crippen LogP contribution in [0.4, 0.5) is 0 Å². The first-order valence-corrected chi connectivity index (χ1v) is 8.91. The first-order valence-electron chi connectivity index (χ1n) is 7.26. The van der Waals surface area contributed by atoms with E-state index in [0.29, 0.717) is 12.8 Å². The van der Waals surface area contributed by atoms with Crippen LogP contribution in [0, 0.1) is 0 Å². The molecular formula is C15H25NO4S. The molecule has 1 fully saturated rings. The van der Waals surface area contributed by atoms with E-state index < -0.39 is 15.4 Å². The average Bonchev–Trinajstić information content (AvgIpc) is 2.38. The lowest BCUT2D eigenvalue weighted by Crippen LogP contribution is -2.39. The van der Waals surface area contributed by atoms with Gasteiger partial charge in [0.2, 0.25) is 0 Å². The molecule has 21 heavy (non-hydrogen) atoms. The molecule has 0 spiro atoms. The highest BCUT2D eigenvalue weighted by atomic mass is 32.2. The number of hydrogen-bond donors (Lipinski definition) is 2. The van der Waals surface area contributed by atoms with Crippen LogP contribution >= 0.6 is 0 Å². The summed E-state index contributed by atoms with van der Waals surface area (Å²) in [5, 5.41) is 10.4. The van der Waals surface area contributed by atoms with Gasteiger partial charge in [0.05, 0.1) is 11.4 Å². The van der Waals surface area contributed by atoms with Crippen molar-refractivity contribution in [3.63, 3.8) is 0 Å². The van der Waals surface area contributed by atoms with Crippen LogP contribution in [0.2, 0.25) is 0 Å². The molecule has 1 saturated carbocycles. The minimum atomic E-state index is -3.60. The van der Waals surface area contributed by atoms with E-state index in [4.69, 9.17) is 5.73 Å². The Labute approximate surface area is 126 Å². The Morgan fingerprint density at radius 3 is 2.43 bits per heavy atom. The second kappa shape index (κ2) is 7.33. The van der Waals surface area contributed by atoms with Crippen molar-refractivity contribution in [2.45, 2.75) is 51.0 Å². The quantitative estimate of drug-likeness (QED) is 0.548. The Kier molecular flexibility index (Phi) is 6.31. The van der Waals surface area contributed by atoms with Gasteiger partial charge < -0.3 is 10.8 Å². The molecule has 1 aliphatic rings. The molecule has 0 aromatic rings. The van der Waals surface area contributed by atoms with Crippen molar-refractivity contribution < 1.29 is 18.3 Å². The first-order chi connectivity index (χ1) is 9.70. The summed E-state index contributed by atoms with van der Waals surface area (Å²) in [5.74, 6) is -0.552. The number of rotatable bonds is 7. The maximum absolute atomic E-state index is 12.3. The highest BCUT2D eigenvalue weighted by Crippen LogP contribution is 2.30. The Bertz CT molecular complexity index is 528. The molecule has 120 valence electrons. The Hall–Kier alpha value is -0.980. The number of sulfone groups is 1. The Balaban J connectivity index is 2.81. The highest BCUT2D eigenvalue weighted by Gasteiger charge is 2.35. The molecule has 3 N–H and O–H groups in total. The van der Waals surface area contributed by atoms with Gasteiger partial charge in [-0.2, -0.15) is 0 Å². The van der Waals surface area contributed by atoms with Crippen molar-refractivity contribution >= 4 is 15.6 Å². The fourth-order valence-corrected chi connectivity index (χ4v) is 4.07. The molecule has 1 rings (SSSR count). The summed E-state index contributed by atoms with van der Waals surface area (Å²) in [6, 6.07) is 0. The van der Waals surface area contributed by atoms with E-state index in [1.165, 1.54) is 13.0 Å². The maximum Gasteiger partial charge on any atom is 0.177 e. The lowest BCUT2D eigenvalue weighted by molar-refractivity contribution is -0.115. The largest absolute Gasteiger partial charge is 0.389 e. The summed E-state index contributed by atoms with van der Waals surface area (Å²) in [6.07, 6.45) is 5.15. The summed E-state index contributed by atoms with van der Waals surface area (Å²) in [4.78, 5) is 11.7. The summed E-state index contributed by atoms with van der Waals surface area (Å²) < 4.78 is 24.6. The van der Waals surface area contributed by atoms with Gasteiger partial charge in [0, 0.05) is 16.9 Å². The molecule has 0 atom stereocenters. The number of nitrogens with two attached hydrogens (primary N) is 1. The molecule has 0 unspecified atom stereocenters. The van der Waals surface area contributed by atoms with Crippen LogP contribution in [-0.4, -0.2) is 37.2 Å². The topological polar surface area (TPSA) is 97.5 Å². The van der Waals surface area contributed by atoms with Gasteiger partial charge in [0.1, 0.15) is 0 Å². The Morgan fingerprint density at radius 2 is 1.90 bits per heavy atom. The number of carbonyl (C=O) groups excluding carboxylic acids is 1. The lowest BCUT2D eigenvalue weighted by atomic mass is 9.86. The van der Waals surface area contributed by atoms with E-state index in [-0.39, 0.29) is 35.0 Å². The van der Waals surface area contributed by atoms with E-state index in [1.807, 2.05) is 0 Å². The van der Waals surface area contributed by atoms with Gasteiger partial charge >= 0.3 is 0 Å². The second-order valence-corrected chi connectivity index (χ2v) is 7.95. The van der Waals surface area contributed by atoms with Crippen molar-refractivity contribution in [2.24, 2.45) is 5.73 Å². The SMILES string of the molecule is C=C(/C=C(\C)S(=O)(=O)CC1(O)CCCCC1)C(=O)CCN. The van der Waals surface area contributed by atoms with E-state index in [0.717, 1.165) is 19.3 Å². The molecular weight excluding hydrogens is 290 g/mol. The van der Waals surface area contributed by atoms with Gasteiger partial charge in [0.25, 0.3) is 0 Å². The zero-order valence-corrected chi connectivity index (χ0v) is 13.4. The highest BCUT2D eigenvalue weighted by molar-refractivity contribution is 7.95. The molecule has 5 nitrogen and oxygen atoms in total. The summed E-state index contributed by atoms with van der Waals surface area (Å²) in [6.45, 7) is 5.22. The van der Waals surface area contributed by atoms with Gasteiger partial charge in [-0.15, -0.1) is 0 Å². The molecule has 0 saturated heterocycles. The van der Waals surface area contributed by atoms with Crippen LogP contribution in [0.3, 0.4) is 0 Å². The Morgan fingerprint density at radius 1 is 1.33 bits per heavy atom. The van der Waals surface area contributed by atoms with E-state index in [9.17, 15) is 18.3 Å². The van der Waals surface area contributed by atoms with Gasteiger partial charge in [-0.25, -0.2) is 8.42 Å². The lowest BCUT2D eigenvalue weighted by Gasteiger charge is -2.31. The minimum absolute atomic E-state index is 0.0665. The third-order valence-electron chi connectivity index (χ3n) is 3.84. The van der Waals surface area contributed by atoms with Gasteiger partial charge in [-0.3, -0.25) is 4.79 Å². The van der Waals surface area contributed by atoms with Crippen molar-refractivity contribution in [3.05, 3.63) is 23.1 Å². The number of Topliss-reactive ketones (excluding diaryl/α,β-unsaturated/α-hetero) is 1. The van der Waals surface area contributed by atoms with Gasteiger partial charge in [0.15, 0.2) is 15.6 Å². The van der Waals surface area contributed by atoms with E-state index in [2.05, 4.69) is 6.58 Å². The number of allylic oxidation sites excluding steroid dienone is 3. The van der Waals surface area contributed by atoms with Crippen molar-refractivity contribution in [1.29, 1.82) is 0 Å². The van der Waals surface area contributed by atoms with Crippen molar-refractivity contribution in [3.8, 4) is 0 Å². The normalized spacial score (nSPS) is 19.3.